The standard InChI is InChI=1S/C21H19ClFN3O4S/c22-17-11-15(4-6-18(17)23)24-21(28)14-2-1-9-26(12-14)31(29,30)16-5-7-19-13(10-16)3-8-20(27)25-19/h3-8,10-11,14H,1-2,9,12H2,(H,24,28)(H,25,27)/t14-/m0/s1. The van der Waals surface area contributed by atoms with Gasteiger partial charge in [-0.2, -0.15) is 4.31 Å². The number of aromatic nitrogens is 1. The van der Waals surface area contributed by atoms with Crippen LogP contribution in [0.5, 0.6) is 0 Å². The summed E-state index contributed by atoms with van der Waals surface area (Å²) in [6, 6.07) is 11.3. The van der Waals surface area contributed by atoms with Gasteiger partial charge in [-0.25, -0.2) is 12.8 Å². The number of rotatable bonds is 4. The van der Waals surface area contributed by atoms with E-state index in [-0.39, 0.29) is 27.9 Å². The van der Waals surface area contributed by atoms with Gasteiger partial charge in [0.1, 0.15) is 5.82 Å². The molecule has 1 aromatic heterocycles. The van der Waals surface area contributed by atoms with Crippen LogP contribution in [-0.2, 0) is 14.8 Å². The molecule has 0 saturated carbocycles. The quantitative estimate of drug-likeness (QED) is 0.619. The van der Waals surface area contributed by atoms with Crippen LogP contribution in [0.4, 0.5) is 10.1 Å². The van der Waals surface area contributed by atoms with Crippen LogP contribution in [0, 0.1) is 11.7 Å². The molecule has 0 radical (unpaired) electrons. The van der Waals surface area contributed by atoms with Crippen LogP contribution in [0.2, 0.25) is 5.02 Å². The number of carbonyl (C=O) groups excluding carboxylic acids is 1. The number of sulfonamides is 1. The third-order valence-electron chi connectivity index (χ3n) is 5.27. The van der Waals surface area contributed by atoms with Crippen molar-refractivity contribution in [3.05, 3.63) is 69.7 Å². The lowest BCUT2D eigenvalue weighted by molar-refractivity contribution is -0.120. The Hall–Kier alpha value is -2.75. The van der Waals surface area contributed by atoms with Gasteiger partial charge in [0.2, 0.25) is 21.5 Å². The molecule has 1 atom stereocenters. The molecule has 162 valence electrons. The maximum Gasteiger partial charge on any atom is 0.248 e. The zero-order valence-electron chi connectivity index (χ0n) is 16.3. The van der Waals surface area contributed by atoms with Crippen molar-refractivity contribution in [1.29, 1.82) is 0 Å². The fourth-order valence-corrected chi connectivity index (χ4v) is 5.38. The van der Waals surface area contributed by atoms with Crippen LogP contribution < -0.4 is 10.9 Å². The highest BCUT2D eigenvalue weighted by atomic mass is 35.5. The zero-order valence-corrected chi connectivity index (χ0v) is 17.8. The van der Waals surface area contributed by atoms with Crippen molar-refractivity contribution in [3.8, 4) is 0 Å². The molecule has 1 aliphatic heterocycles. The Morgan fingerprint density at radius 1 is 1.16 bits per heavy atom. The second kappa shape index (κ2) is 8.41. The molecule has 2 heterocycles. The summed E-state index contributed by atoms with van der Waals surface area (Å²) in [5.74, 6) is -1.49. The molecule has 0 bridgehead atoms. The Morgan fingerprint density at radius 2 is 1.97 bits per heavy atom. The number of fused-ring (bicyclic) bond motifs is 1. The van der Waals surface area contributed by atoms with Crippen LogP contribution >= 0.6 is 11.6 Å². The number of halogens is 2. The van der Waals surface area contributed by atoms with Crippen molar-refractivity contribution in [2.45, 2.75) is 17.7 Å². The number of anilines is 1. The molecule has 31 heavy (non-hydrogen) atoms. The van der Waals surface area contributed by atoms with Gasteiger partial charge in [-0.05, 0) is 60.7 Å². The summed E-state index contributed by atoms with van der Waals surface area (Å²) < 4.78 is 41.0. The van der Waals surface area contributed by atoms with Crippen LogP contribution in [0.15, 0.2) is 58.2 Å². The Kier molecular flexibility index (Phi) is 5.83. The third kappa shape index (κ3) is 4.48. The molecule has 10 heteroatoms. The van der Waals surface area contributed by atoms with Gasteiger partial charge < -0.3 is 10.3 Å². The van der Waals surface area contributed by atoms with Crippen molar-refractivity contribution in [3.63, 3.8) is 0 Å². The van der Waals surface area contributed by atoms with E-state index in [2.05, 4.69) is 10.3 Å². The molecule has 0 spiro atoms. The maximum atomic E-state index is 13.3. The summed E-state index contributed by atoms with van der Waals surface area (Å²) in [6.45, 7) is 0.338. The molecule has 3 aromatic rings. The number of piperidine rings is 1. The van der Waals surface area contributed by atoms with Crippen molar-refractivity contribution in [2.75, 3.05) is 18.4 Å². The Balaban J connectivity index is 1.53. The van der Waals surface area contributed by atoms with Crippen LogP contribution in [0.3, 0.4) is 0 Å². The van der Waals surface area contributed by atoms with Gasteiger partial charge in [-0.15, -0.1) is 0 Å². The highest BCUT2D eigenvalue weighted by molar-refractivity contribution is 7.89. The molecule has 0 unspecified atom stereocenters. The molecule has 1 aliphatic rings. The second-order valence-corrected chi connectivity index (χ2v) is 9.74. The number of nitrogens with one attached hydrogen (secondary N) is 2. The highest BCUT2D eigenvalue weighted by Crippen LogP contribution is 2.27. The smallest absolute Gasteiger partial charge is 0.248 e. The van der Waals surface area contributed by atoms with Gasteiger partial charge in [0.05, 0.1) is 15.8 Å². The molecular weight excluding hydrogens is 445 g/mol. The molecule has 2 aromatic carbocycles. The van der Waals surface area contributed by atoms with Crippen molar-refractivity contribution in [1.82, 2.24) is 9.29 Å². The number of nitrogens with zero attached hydrogens (tertiary/aromatic N) is 1. The van der Waals surface area contributed by atoms with Gasteiger partial charge in [0.25, 0.3) is 0 Å². The van der Waals surface area contributed by atoms with Gasteiger partial charge in [0.15, 0.2) is 0 Å². The Labute approximate surface area is 182 Å². The summed E-state index contributed by atoms with van der Waals surface area (Å²) in [4.78, 5) is 26.9. The Bertz CT molecular complexity index is 1330. The number of benzene rings is 2. The first-order valence-electron chi connectivity index (χ1n) is 9.63. The summed E-state index contributed by atoms with van der Waals surface area (Å²) in [7, 11) is -3.82. The van der Waals surface area contributed by atoms with E-state index in [9.17, 15) is 22.4 Å². The molecule has 7 nitrogen and oxygen atoms in total. The fraction of sp³-hybridized carbons (Fsp3) is 0.238. The molecule has 1 amide bonds. The number of amides is 1. The zero-order chi connectivity index (χ0) is 22.2. The molecule has 1 fully saturated rings. The molecule has 2 N–H and O–H groups in total. The van der Waals surface area contributed by atoms with E-state index in [1.54, 1.807) is 12.1 Å². The van der Waals surface area contributed by atoms with Gasteiger partial charge in [0, 0.05) is 30.4 Å². The van der Waals surface area contributed by atoms with E-state index in [4.69, 9.17) is 11.6 Å². The molecular formula is C21H19ClFN3O4S. The lowest BCUT2D eigenvalue weighted by atomic mass is 9.99. The minimum Gasteiger partial charge on any atom is -0.326 e. The highest BCUT2D eigenvalue weighted by Gasteiger charge is 2.33. The number of hydrogen-bond acceptors (Lipinski definition) is 4. The first kappa shape index (κ1) is 21.5. The van der Waals surface area contributed by atoms with E-state index in [0.717, 1.165) is 6.07 Å². The van der Waals surface area contributed by atoms with Crippen LogP contribution in [0.1, 0.15) is 12.8 Å². The average molecular weight is 464 g/mol. The van der Waals surface area contributed by atoms with E-state index < -0.39 is 21.8 Å². The number of pyridine rings is 1. The summed E-state index contributed by atoms with van der Waals surface area (Å²) in [5, 5.41) is 3.16. The normalized spacial score (nSPS) is 17.5. The molecule has 1 saturated heterocycles. The average Bonchev–Trinajstić information content (AvgIpc) is 2.76. The van der Waals surface area contributed by atoms with Crippen LogP contribution in [0.25, 0.3) is 10.9 Å². The first-order valence-corrected chi connectivity index (χ1v) is 11.4. The van der Waals surface area contributed by atoms with E-state index in [1.165, 1.54) is 34.6 Å². The maximum absolute atomic E-state index is 13.3. The van der Waals surface area contributed by atoms with E-state index in [1.807, 2.05) is 0 Å². The number of hydrogen-bond donors (Lipinski definition) is 2. The van der Waals surface area contributed by atoms with Crippen molar-refractivity contribution in [2.24, 2.45) is 5.92 Å². The fourth-order valence-electron chi connectivity index (χ4n) is 3.63. The van der Waals surface area contributed by atoms with Gasteiger partial charge in [-0.3, -0.25) is 9.59 Å². The number of aromatic amines is 1. The lowest BCUT2D eigenvalue weighted by Crippen LogP contribution is -2.43. The summed E-state index contributed by atoms with van der Waals surface area (Å²) >= 11 is 5.75. The summed E-state index contributed by atoms with van der Waals surface area (Å²) in [5.41, 5.74) is 0.621. The molecule has 0 aliphatic carbocycles. The minimum atomic E-state index is -3.82. The van der Waals surface area contributed by atoms with Crippen molar-refractivity contribution >= 4 is 44.1 Å². The first-order chi connectivity index (χ1) is 14.7. The number of carbonyl (C=O) groups is 1. The second-order valence-electron chi connectivity index (χ2n) is 7.39. The van der Waals surface area contributed by atoms with Gasteiger partial charge >= 0.3 is 0 Å². The largest absolute Gasteiger partial charge is 0.326 e. The monoisotopic (exact) mass is 463 g/mol. The van der Waals surface area contributed by atoms with E-state index in [0.29, 0.717) is 36.0 Å². The SMILES string of the molecule is O=C(Nc1ccc(F)c(Cl)c1)[C@H]1CCCN(S(=O)(=O)c2ccc3[nH]c(=O)ccc3c2)C1. The van der Waals surface area contributed by atoms with Gasteiger partial charge in [-0.1, -0.05) is 11.6 Å². The molecule has 4 rings (SSSR count). The predicted octanol–water partition coefficient (Wildman–Crippen LogP) is 3.36. The third-order valence-corrected chi connectivity index (χ3v) is 7.43. The topological polar surface area (TPSA) is 99.3 Å². The minimum absolute atomic E-state index is 0.0345. The van der Waals surface area contributed by atoms with Crippen molar-refractivity contribution < 1.29 is 17.6 Å². The lowest BCUT2D eigenvalue weighted by Gasteiger charge is -2.31. The number of H-pyrrole nitrogens is 1. The predicted molar refractivity (Wildman–Crippen MR) is 116 cm³/mol. The van der Waals surface area contributed by atoms with Crippen LogP contribution in [-0.4, -0.2) is 36.7 Å². The van der Waals surface area contributed by atoms with E-state index >= 15 is 0 Å². The Morgan fingerprint density at radius 3 is 2.74 bits per heavy atom. The summed E-state index contributed by atoms with van der Waals surface area (Å²) in [6.07, 6.45) is 1.06.